The van der Waals surface area contributed by atoms with Crippen molar-refractivity contribution in [2.75, 3.05) is 13.1 Å². The Bertz CT molecular complexity index is 104. The van der Waals surface area contributed by atoms with Crippen LogP contribution >= 0.6 is 0 Å². The summed E-state index contributed by atoms with van der Waals surface area (Å²) in [5.74, 6) is 0. The van der Waals surface area contributed by atoms with Crippen molar-refractivity contribution < 1.29 is 4.79 Å². The summed E-state index contributed by atoms with van der Waals surface area (Å²) in [4.78, 5) is 12.4. The third-order valence-corrected chi connectivity index (χ3v) is 2.15. The second-order valence-corrected chi connectivity index (χ2v) is 2.84. The van der Waals surface area contributed by atoms with Gasteiger partial charge in [0, 0.05) is 19.0 Å². The largest absolute Gasteiger partial charge is 0.303 e. The molecule has 0 spiro atoms. The summed E-state index contributed by atoms with van der Waals surface area (Å²) < 4.78 is 0. The van der Waals surface area contributed by atoms with Gasteiger partial charge in [-0.05, 0) is 19.9 Å². The minimum absolute atomic E-state index is 0.611. The van der Waals surface area contributed by atoms with Crippen LogP contribution in [0.3, 0.4) is 0 Å². The highest BCUT2D eigenvalue weighted by Crippen LogP contribution is 2.02. The first-order valence-electron chi connectivity index (χ1n) is 4.43. The van der Waals surface area contributed by atoms with E-state index in [-0.39, 0.29) is 0 Å². The zero-order valence-corrected chi connectivity index (χ0v) is 7.84. The van der Waals surface area contributed by atoms with E-state index in [9.17, 15) is 4.79 Å². The summed E-state index contributed by atoms with van der Waals surface area (Å²) in [6, 6.07) is 0.611. The Balaban J connectivity index is 3.64. The van der Waals surface area contributed by atoms with Gasteiger partial charge in [0.05, 0.1) is 0 Å². The van der Waals surface area contributed by atoms with E-state index in [1.165, 1.54) is 0 Å². The molecule has 66 valence electrons. The van der Waals surface area contributed by atoms with Crippen LogP contribution in [-0.4, -0.2) is 30.3 Å². The van der Waals surface area contributed by atoms with E-state index in [1.54, 1.807) is 0 Å². The van der Waals surface area contributed by atoms with Gasteiger partial charge in [-0.2, -0.15) is 0 Å². The van der Waals surface area contributed by atoms with Crippen molar-refractivity contribution in [2.45, 2.75) is 39.7 Å². The number of aldehydes is 1. The summed E-state index contributed by atoms with van der Waals surface area (Å²) >= 11 is 0. The lowest BCUT2D eigenvalue weighted by molar-refractivity contribution is -0.108. The van der Waals surface area contributed by atoms with Gasteiger partial charge in [0.1, 0.15) is 6.29 Å². The van der Waals surface area contributed by atoms with Crippen LogP contribution < -0.4 is 0 Å². The predicted molar refractivity (Wildman–Crippen MR) is 47.7 cm³/mol. The van der Waals surface area contributed by atoms with E-state index in [0.29, 0.717) is 12.5 Å². The summed E-state index contributed by atoms with van der Waals surface area (Å²) in [5.41, 5.74) is 0. The third kappa shape index (κ3) is 4.14. The molecule has 0 aliphatic carbocycles. The van der Waals surface area contributed by atoms with Gasteiger partial charge in [-0.25, -0.2) is 0 Å². The monoisotopic (exact) mass is 157 g/mol. The average molecular weight is 157 g/mol. The highest BCUT2D eigenvalue weighted by molar-refractivity contribution is 5.49. The fraction of sp³-hybridized carbons (Fsp3) is 0.889. The van der Waals surface area contributed by atoms with Gasteiger partial charge in [0.15, 0.2) is 0 Å². The highest BCUT2D eigenvalue weighted by atomic mass is 16.1. The Morgan fingerprint density at radius 3 is 2.45 bits per heavy atom. The number of rotatable bonds is 6. The number of carbonyl (C=O) groups is 1. The minimum Gasteiger partial charge on any atom is -0.303 e. The van der Waals surface area contributed by atoms with E-state index in [4.69, 9.17) is 0 Å². The average Bonchev–Trinajstić information content (AvgIpc) is 2.05. The van der Waals surface area contributed by atoms with Gasteiger partial charge >= 0.3 is 0 Å². The van der Waals surface area contributed by atoms with Crippen LogP contribution in [0, 0.1) is 0 Å². The molecule has 0 heterocycles. The minimum atomic E-state index is 0.611. The van der Waals surface area contributed by atoms with E-state index in [2.05, 4.69) is 25.7 Å². The predicted octanol–water partition coefficient (Wildman–Crippen LogP) is 1.70. The van der Waals surface area contributed by atoms with E-state index < -0.39 is 0 Å². The second kappa shape index (κ2) is 6.35. The molecule has 2 nitrogen and oxygen atoms in total. The van der Waals surface area contributed by atoms with Crippen molar-refractivity contribution in [2.24, 2.45) is 0 Å². The molecular formula is C9H19NO. The SMILES string of the molecule is CCC(C)N(CC)CCC=O. The maximum atomic E-state index is 10.1. The number of nitrogens with zero attached hydrogens (tertiary/aromatic N) is 1. The van der Waals surface area contributed by atoms with Gasteiger partial charge in [0.25, 0.3) is 0 Å². The fourth-order valence-corrected chi connectivity index (χ4v) is 1.17. The molecule has 1 unspecified atom stereocenters. The van der Waals surface area contributed by atoms with Crippen molar-refractivity contribution in [3.8, 4) is 0 Å². The molecule has 0 radical (unpaired) electrons. The van der Waals surface area contributed by atoms with Crippen LogP contribution in [0.4, 0.5) is 0 Å². The van der Waals surface area contributed by atoms with Crippen LogP contribution in [0.2, 0.25) is 0 Å². The molecule has 0 amide bonds. The molecule has 0 N–H and O–H groups in total. The molecule has 0 aromatic rings. The zero-order chi connectivity index (χ0) is 8.69. The molecule has 1 atom stereocenters. The van der Waals surface area contributed by atoms with Crippen molar-refractivity contribution in [1.82, 2.24) is 4.90 Å². The molecule has 0 rings (SSSR count). The summed E-state index contributed by atoms with van der Waals surface area (Å²) in [6.07, 6.45) is 2.82. The van der Waals surface area contributed by atoms with Crippen LogP contribution in [0.25, 0.3) is 0 Å². The summed E-state index contributed by atoms with van der Waals surface area (Å²) in [7, 11) is 0. The molecule has 0 saturated carbocycles. The van der Waals surface area contributed by atoms with Gasteiger partial charge in [-0.15, -0.1) is 0 Å². The number of carbonyl (C=O) groups excluding carboxylic acids is 1. The lowest BCUT2D eigenvalue weighted by Crippen LogP contribution is -2.33. The zero-order valence-electron chi connectivity index (χ0n) is 7.84. The molecule has 0 aromatic heterocycles. The first-order valence-corrected chi connectivity index (χ1v) is 4.43. The van der Waals surface area contributed by atoms with Gasteiger partial charge < -0.3 is 9.69 Å². The highest BCUT2D eigenvalue weighted by Gasteiger charge is 2.07. The Kier molecular flexibility index (Phi) is 6.13. The standard InChI is InChI=1S/C9H19NO/c1-4-9(3)10(5-2)7-6-8-11/h8-9H,4-7H2,1-3H3. The molecule has 0 saturated heterocycles. The third-order valence-electron chi connectivity index (χ3n) is 2.15. The van der Waals surface area contributed by atoms with Crippen molar-refractivity contribution >= 4 is 6.29 Å². The van der Waals surface area contributed by atoms with Gasteiger partial charge in [-0.3, -0.25) is 0 Å². The van der Waals surface area contributed by atoms with E-state index in [1.807, 2.05) is 0 Å². The molecule has 2 heteroatoms. The maximum absolute atomic E-state index is 10.1. The molecular weight excluding hydrogens is 138 g/mol. The van der Waals surface area contributed by atoms with E-state index >= 15 is 0 Å². The summed E-state index contributed by atoms with van der Waals surface area (Å²) in [5, 5.41) is 0. The lowest BCUT2D eigenvalue weighted by atomic mass is 10.2. The number of hydrogen-bond acceptors (Lipinski definition) is 2. The smallest absolute Gasteiger partial charge is 0.121 e. The lowest BCUT2D eigenvalue weighted by Gasteiger charge is -2.25. The molecule has 11 heavy (non-hydrogen) atoms. The van der Waals surface area contributed by atoms with Crippen molar-refractivity contribution in [3.63, 3.8) is 0 Å². The summed E-state index contributed by atoms with van der Waals surface area (Å²) in [6.45, 7) is 8.47. The first-order chi connectivity index (χ1) is 5.26. The molecule has 0 bridgehead atoms. The Labute approximate surface area is 69.6 Å². The van der Waals surface area contributed by atoms with Crippen LogP contribution in [0.1, 0.15) is 33.6 Å². The number of hydrogen-bond donors (Lipinski definition) is 0. The van der Waals surface area contributed by atoms with Gasteiger partial charge in [0.2, 0.25) is 0 Å². The molecule has 0 aliphatic heterocycles. The Morgan fingerprint density at radius 2 is 2.09 bits per heavy atom. The molecule has 0 aromatic carbocycles. The van der Waals surface area contributed by atoms with E-state index in [0.717, 1.165) is 25.8 Å². The fourth-order valence-electron chi connectivity index (χ4n) is 1.17. The maximum Gasteiger partial charge on any atom is 0.121 e. The van der Waals surface area contributed by atoms with Crippen molar-refractivity contribution in [3.05, 3.63) is 0 Å². The topological polar surface area (TPSA) is 20.3 Å². The van der Waals surface area contributed by atoms with Crippen LogP contribution in [0.15, 0.2) is 0 Å². The van der Waals surface area contributed by atoms with Crippen molar-refractivity contribution in [1.29, 1.82) is 0 Å². The first kappa shape index (κ1) is 10.6. The second-order valence-electron chi connectivity index (χ2n) is 2.84. The Hall–Kier alpha value is -0.370. The van der Waals surface area contributed by atoms with Crippen LogP contribution in [-0.2, 0) is 4.79 Å². The molecule has 0 fully saturated rings. The quantitative estimate of drug-likeness (QED) is 0.547. The normalized spacial score (nSPS) is 13.5. The Morgan fingerprint density at radius 1 is 1.45 bits per heavy atom. The van der Waals surface area contributed by atoms with Gasteiger partial charge in [-0.1, -0.05) is 13.8 Å². The molecule has 0 aliphatic rings. The van der Waals surface area contributed by atoms with Crippen LogP contribution in [0.5, 0.6) is 0 Å².